The number of aliphatic hydroxyl groups excluding tert-OH is 1. The number of aromatic nitrogens is 1. The van der Waals surface area contributed by atoms with Crippen LogP contribution in [-0.2, 0) is 4.79 Å². The van der Waals surface area contributed by atoms with Crippen molar-refractivity contribution < 1.29 is 9.90 Å². The molecule has 5 nitrogen and oxygen atoms in total. The van der Waals surface area contributed by atoms with Crippen LogP contribution in [0.3, 0.4) is 0 Å². The number of anilines is 1. The molecule has 1 amide bonds. The fraction of sp³-hybridized carbons (Fsp3) is 0.571. The Balaban J connectivity index is 2.71. The second-order valence-electron chi connectivity index (χ2n) is 4.85. The molecule has 0 saturated carbocycles. The van der Waals surface area contributed by atoms with Gasteiger partial charge in [0.2, 0.25) is 5.91 Å². The Morgan fingerprint density at radius 2 is 2.11 bits per heavy atom. The van der Waals surface area contributed by atoms with E-state index in [1.54, 1.807) is 19.2 Å². The van der Waals surface area contributed by atoms with Gasteiger partial charge in [-0.15, -0.1) is 0 Å². The second-order valence-corrected chi connectivity index (χ2v) is 4.85. The molecule has 0 spiro atoms. The van der Waals surface area contributed by atoms with Crippen molar-refractivity contribution in [2.24, 2.45) is 0 Å². The molecule has 1 atom stereocenters. The molecule has 106 valence electrons. The fourth-order valence-corrected chi connectivity index (χ4v) is 1.76. The number of nitrogens with one attached hydrogen (secondary N) is 1. The van der Waals surface area contributed by atoms with Gasteiger partial charge in [0.25, 0.3) is 0 Å². The van der Waals surface area contributed by atoms with Gasteiger partial charge in [0.1, 0.15) is 0 Å². The number of amides is 1. The number of likely N-dealkylation sites (N-methyl/N-ethyl adjacent to an activating group) is 1. The van der Waals surface area contributed by atoms with Gasteiger partial charge in [-0.25, -0.2) is 0 Å². The molecule has 0 saturated heterocycles. The minimum absolute atomic E-state index is 0.00328. The first-order chi connectivity index (χ1) is 8.93. The van der Waals surface area contributed by atoms with E-state index in [1.807, 2.05) is 31.7 Å². The molecular formula is C14H23N3O2. The van der Waals surface area contributed by atoms with E-state index in [9.17, 15) is 9.90 Å². The molecule has 0 aromatic carbocycles. The summed E-state index contributed by atoms with van der Waals surface area (Å²) in [6.45, 7) is 8.58. The summed E-state index contributed by atoms with van der Waals surface area (Å²) < 4.78 is 0. The molecule has 0 aliphatic heterocycles. The summed E-state index contributed by atoms with van der Waals surface area (Å²) in [7, 11) is 0. The van der Waals surface area contributed by atoms with Crippen molar-refractivity contribution in [2.75, 3.05) is 18.0 Å². The van der Waals surface area contributed by atoms with Gasteiger partial charge in [0.15, 0.2) is 0 Å². The molecule has 0 aliphatic carbocycles. The van der Waals surface area contributed by atoms with Crippen LogP contribution in [0.2, 0.25) is 0 Å². The predicted molar refractivity (Wildman–Crippen MR) is 76.0 cm³/mol. The maximum absolute atomic E-state index is 11.8. The average Bonchev–Trinajstić information content (AvgIpc) is 2.35. The maximum atomic E-state index is 11.8. The molecule has 0 radical (unpaired) electrons. The standard InChI is InChI=1S/C14H23N3O2/c1-5-17(9-14(19)16-10(2)3)12-6-7-13(11(4)18)15-8-12/h6-8,10-11,18H,5,9H2,1-4H3,(H,16,19). The number of aliphatic hydroxyl groups is 1. The van der Waals surface area contributed by atoms with E-state index < -0.39 is 6.10 Å². The van der Waals surface area contributed by atoms with Crippen LogP contribution < -0.4 is 10.2 Å². The Kier molecular flexibility index (Phi) is 5.76. The number of hydrogen-bond acceptors (Lipinski definition) is 4. The zero-order valence-electron chi connectivity index (χ0n) is 12.1. The SMILES string of the molecule is CCN(CC(=O)NC(C)C)c1ccc(C(C)O)nc1. The van der Waals surface area contributed by atoms with Crippen LogP contribution in [0.25, 0.3) is 0 Å². The zero-order valence-corrected chi connectivity index (χ0v) is 12.1. The number of carbonyl (C=O) groups is 1. The third-order valence-electron chi connectivity index (χ3n) is 2.73. The third-order valence-corrected chi connectivity index (χ3v) is 2.73. The summed E-state index contributed by atoms with van der Waals surface area (Å²) in [5, 5.41) is 12.3. The molecule has 1 aromatic heterocycles. The molecule has 0 fully saturated rings. The highest BCUT2D eigenvalue weighted by Gasteiger charge is 2.11. The lowest BCUT2D eigenvalue weighted by atomic mass is 10.2. The first-order valence-corrected chi connectivity index (χ1v) is 6.62. The number of carbonyl (C=O) groups excluding carboxylic acids is 1. The van der Waals surface area contributed by atoms with E-state index in [0.29, 0.717) is 12.2 Å². The number of rotatable bonds is 6. The van der Waals surface area contributed by atoms with E-state index in [1.165, 1.54) is 0 Å². The van der Waals surface area contributed by atoms with Gasteiger partial charge in [0.05, 0.1) is 30.2 Å². The van der Waals surface area contributed by atoms with E-state index in [-0.39, 0.29) is 11.9 Å². The number of hydrogen-bond donors (Lipinski definition) is 2. The highest BCUT2D eigenvalue weighted by atomic mass is 16.3. The molecule has 1 unspecified atom stereocenters. The summed E-state index contributed by atoms with van der Waals surface area (Å²) in [5.41, 5.74) is 1.51. The normalized spacial score (nSPS) is 12.3. The van der Waals surface area contributed by atoms with Gasteiger partial charge in [-0.05, 0) is 39.8 Å². The van der Waals surface area contributed by atoms with E-state index >= 15 is 0 Å². The first kappa shape index (κ1) is 15.4. The lowest BCUT2D eigenvalue weighted by molar-refractivity contribution is -0.120. The first-order valence-electron chi connectivity index (χ1n) is 6.62. The quantitative estimate of drug-likeness (QED) is 0.818. The molecule has 1 heterocycles. The Bertz CT molecular complexity index is 402. The maximum Gasteiger partial charge on any atom is 0.239 e. The Labute approximate surface area is 114 Å². The van der Waals surface area contributed by atoms with Crippen LogP contribution in [-0.4, -0.2) is 35.1 Å². The summed E-state index contributed by atoms with van der Waals surface area (Å²) in [6, 6.07) is 3.80. The molecule has 0 aliphatic rings. The molecule has 5 heteroatoms. The molecule has 1 rings (SSSR count). The van der Waals surface area contributed by atoms with Crippen molar-refractivity contribution in [3.05, 3.63) is 24.0 Å². The van der Waals surface area contributed by atoms with Gasteiger partial charge >= 0.3 is 0 Å². The number of nitrogens with zero attached hydrogens (tertiary/aromatic N) is 2. The average molecular weight is 265 g/mol. The highest BCUT2D eigenvalue weighted by Crippen LogP contribution is 2.15. The van der Waals surface area contributed by atoms with Crippen LogP contribution >= 0.6 is 0 Å². The van der Waals surface area contributed by atoms with Gasteiger partial charge < -0.3 is 15.3 Å². The van der Waals surface area contributed by atoms with E-state index in [2.05, 4.69) is 10.3 Å². The summed E-state index contributed by atoms with van der Waals surface area (Å²) >= 11 is 0. The van der Waals surface area contributed by atoms with Gasteiger partial charge in [-0.2, -0.15) is 0 Å². The largest absolute Gasteiger partial charge is 0.387 e. The van der Waals surface area contributed by atoms with E-state index in [4.69, 9.17) is 0 Å². The van der Waals surface area contributed by atoms with Crippen LogP contribution in [0.1, 0.15) is 39.5 Å². The van der Waals surface area contributed by atoms with Crippen LogP contribution in [0.15, 0.2) is 18.3 Å². The van der Waals surface area contributed by atoms with Crippen LogP contribution in [0, 0.1) is 0 Å². The second kappa shape index (κ2) is 7.09. The lowest BCUT2D eigenvalue weighted by Gasteiger charge is -2.23. The fourth-order valence-electron chi connectivity index (χ4n) is 1.76. The predicted octanol–water partition coefficient (Wildman–Crippen LogP) is 1.49. The molecule has 2 N–H and O–H groups in total. The monoisotopic (exact) mass is 265 g/mol. The minimum atomic E-state index is -0.576. The van der Waals surface area contributed by atoms with Crippen molar-refractivity contribution in [1.29, 1.82) is 0 Å². The van der Waals surface area contributed by atoms with Crippen LogP contribution in [0.4, 0.5) is 5.69 Å². The van der Waals surface area contributed by atoms with Crippen molar-refractivity contribution in [2.45, 2.75) is 39.8 Å². The van der Waals surface area contributed by atoms with E-state index in [0.717, 1.165) is 12.2 Å². The number of pyridine rings is 1. The minimum Gasteiger partial charge on any atom is -0.387 e. The highest BCUT2D eigenvalue weighted by molar-refractivity contribution is 5.81. The third kappa shape index (κ3) is 4.87. The van der Waals surface area contributed by atoms with Gasteiger partial charge in [-0.1, -0.05) is 0 Å². The molecule has 0 bridgehead atoms. The summed E-state index contributed by atoms with van der Waals surface area (Å²) in [4.78, 5) is 17.9. The lowest BCUT2D eigenvalue weighted by Crippen LogP contribution is -2.40. The summed E-state index contributed by atoms with van der Waals surface area (Å²) in [6.07, 6.45) is 1.11. The topological polar surface area (TPSA) is 65.5 Å². The van der Waals surface area contributed by atoms with Crippen molar-refractivity contribution >= 4 is 11.6 Å². The molecule has 1 aromatic rings. The van der Waals surface area contributed by atoms with Crippen molar-refractivity contribution in [3.63, 3.8) is 0 Å². The molecule has 19 heavy (non-hydrogen) atoms. The van der Waals surface area contributed by atoms with Crippen molar-refractivity contribution in [1.82, 2.24) is 10.3 Å². The molecular weight excluding hydrogens is 242 g/mol. The summed E-state index contributed by atoms with van der Waals surface area (Å²) in [5.74, 6) is -0.00328. The van der Waals surface area contributed by atoms with Gasteiger partial charge in [0, 0.05) is 12.6 Å². The Morgan fingerprint density at radius 3 is 2.53 bits per heavy atom. The van der Waals surface area contributed by atoms with Crippen LogP contribution in [0.5, 0.6) is 0 Å². The Hall–Kier alpha value is -1.62. The van der Waals surface area contributed by atoms with Gasteiger partial charge in [-0.3, -0.25) is 9.78 Å². The van der Waals surface area contributed by atoms with Crippen molar-refractivity contribution in [3.8, 4) is 0 Å². The Morgan fingerprint density at radius 1 is 1.42 bits per heavy atom. The zero-order chi connectivity index (χ0) is 14.4. The smallest absolute Gasteiger partial charge is 0.239 e.